The van der Waals surface area contributed by atoms with E-state index < -0.39 is 0 Å². The molecule has 0 spiro atoms. The average Bonchev–Trinajstić information content (AvgIpc) is 0.805. The van der Waals surface area contributed by atoms with Crippen LogP contribution in [0.1, 0.15) is 357 Å². The van der Waals surface area contributed by atoms with Crippen molar-refractivity contribution in [3.8, 4) is 89.0 Å². The monoisotopic (exact) mass is 1530 g/mol. The van der Waals surface area contributed by atoms with Gasteiger partial charge in [-0.05, 0) is 254 Å². The third kappa shape index (κ3) is 15.0. The van der Waals surface area contributed by atoms with E-state index in [0.717, 1.165) is 0 Å². The second kappa shape index (κ2) is 36.9. The number of unbranched alkanes of at least 4 members (excludes halogenated alkanes) is 24. The quantitative estimate of drug-likeness (QED) is 0.0264. The highest BCUT2D eigenvalue weighted by atomic mass is 14.5. The molecule has 602 valence electrons. The largest absolute Gasteiger partial charge is 0.0654 e. The molecule has 0 nitrogen and oxygen atoms in total. The van der Waals surface area contributed by atoms with E-state index in [2.05, 4.69) is 262 Å². The van der Waals surface area contributed by atoms with E-state index in [1.165, 1.54) is 378 Å². The summed E-state index contributed by atoms with van der Waals surface area (Å²) >= 11 is 0. The van der Waals surface area contributed by atoms with Crippen molar-refractivity contribution >= 4 is 32.3 Å². The molecule has 0 radical (unpaired) electrons. The fraction of sp³-hybridized carbons (Fsp3) is 0.448. The van der Waals surface area contributed by atoms with Crippen LogP contribution in [-0.4, -0.2) is 0 Å². The Morgan fingerprint density at radius 2 is 0.336 bits per heavy atom. The maximum Gasteiger partial charge on any atom is 0.0215 e. The van der Waals surface area contributed by atoms with Gasteiger partial charge in [0, 0.05) is 21.7 Å². The van der Waals surface area contributed by atoms with Gasteiger partial charge in [0.2, 0.25) is 0 Å². The summed E-state index contributed by atoms with van der Waals surface area (Å²) in [7, 11) is 0. The molecule has 0 saturated carbocycles. The summed E-state index contributed by atoms with van der Waals surface area (Å²) in [5, 5.41) is 8.33. The van der Waals surface area contributed by atoms with Crippen LogP contribution in [0.3, 0.4) is 0 Å². The zero-order valence-electron chi connectivity index (χ0n) is 72.9. The van der Waals surface area contributed by atoms with Crippen molar-refractivity contribution in [2.45, 2.75) is 334 Å². The first-order valence-electron chi connectivity index (χ1n) is 48.0. The number of hydrogen-bond donors (Lipinski definition) is 0. The van der Waals surface area contributed by atoms with Crippen molar-refractivity contribution in [3.63, 3.8) is 0 Å². The molecule has 4 aliphatic carbocycles. The molecule has 0 heteroatoms. The van der Waals surface area contributed by atoms with Crippen LogP contribution in [0.15, 0.2) is 206 Å². The molecule has 16 rings (SSSR count). The first-order valence-corrected chi connectivity index (χ1v) is 48.0. The first-order chi connectivity index (χ1) is 57.2. The lowest BCUT2D eigenvalue weighted by molar-refractivity contribution is 0.401. The number of rotatable bonds is 44. The van der Waals surface area contributed by atoms with Crippen molar-refractivity contribution in [1.29, 1.82) is 0 Å². The van der Waals surface area contributed by atoms with Gasteiger partial charge in [-0.1, -0.05) is 431 Å². The number of hydrogen-bond acceptors (Lipinski definition) is 0. The smallest absolute Gasteiger partial charge is 0.0215 e. The average molecular weight is 1530 g/mol. The van der Waals surface area contributed by atoms with Crippen molar-refractivity contribution in [2.24, 2.45) is 0 Å². The number of fused-ring (bicyclic) bond motifs is 12. The summed E-state index contributed by atoms with van der Waals surface area (Å²) < 4.78 is 0. The lowest BCUT2D eigenvalue weighted by atomic mass is 9.70. The summed E-state index contributed by atoms with van der Waals surface area (Å²) in [5.41, 5.74) is 35.0. The van der Waals surface area contributed by atoms with Crippen LogP contribution in [0.5, 0.6) is 0 Å². The standard InChI is InChI=1S/C116H138/c1-9-17-25-41-69-113(70-42-26-18-10-2)103-53-37-33-49-87(103)91-61-57-83(77-107(91)113)99-81-100(84-58-62-92-88-50-34-38-54-104(88)114(108(92)78-84,71-43-27-19-11-3)72-44-28-20-12-4)96-67-68-98-102(86-60-64-94-90-52-36-40-56-106(90)116(110(94)80-86,75-47-31-23-15-7)76-48-32-24-16-8)82-101(97-66-65-95(99)111(96)112(97)98)85-59-63-93-89-51-35-39-55-105(89)115(109(93)79-85,73-45-29-21-13-5)74-46-30-22-14-6/h33-40,49-68,77-82H,9-32,41-48,69-76H2,1-8H3. The highest BCUT2D eigenvalue weighted by Gasteiger charge is 2.47. The van der Waals surface area contributed by atoms with Crippen LogP contribution in [0.2, 0.25) is 0 Å². The lowest BCUT2D eigenvalue weighted by Gasteiger charge is -2.33. The molecule has 0 amide bonds. The molecule has 12 aromatic carbocycles. The Morgan fingerprint density at radius 3 is 0.526 bits per heavy atom. The molecule has 0 saturated heterocycles. The molecule has 0 bridgehead atoms. The minimum atomic E-state index is -0.0495. The highest BCUT2D eigenvalue weighted by molar-refractivity contribution is 6.32. The van der Waals surface area contributed by atoms with Gasteiger partial charge in [0.15, 0.2) is 0 Å². The van der Waals surface area contributed by atoms with E-state index >= 15 is 0 Å². The van der Waals surface area contributed by atoms with E-state index in [1.807, 2.05) is 0 Å². The molecule has 0 aliphatic heterocycles. The zero-order valence-corrected chi connectivity index (χ0v) is 72.9. The minimum Gasteiger partial charge on any atom is -0.0654 e. The van der Waals surface area contributed by atoms with Gasteiger partial charge in [0.1, 0.15) is 0 Å². The van der Waals surface area contributed by atoms with Crippen LogP contribution < -0.4 is 0 Å². The zero-order chi connectivity index (χ0) is 79.6. The first kappa shape index (κ1) is 81.4. The molecular weight excluding hydrogens is 1390 g/mol. The van der Waals surface area contributed by atoms with Crippen LogP contribution in [0, 0.1) is 0 Å². The molecule has 4 aliphatic rings. The fourth-order valence-electron chi connectivity index (χ4n) is 23.9. The Hall–Kier alpha value is -8.32. The molecule has 0 fully saturated rings. The van der Waals surface area contributed by atoms with Crippen LogP contribution in [0.25, 0.3) is 121 Å². The highest BCUT2D eigenvalue weighted by Crippen LogP contribution is 2.62. The normalized spacial score (nSPS) is 14.7. The summed E-state index contributed by atoms with van der Waals surface area (Å²) in [4.78, 5) is 0. The lowest BCUT2D eigenvalue weighted by Crippen LogP contribution is -2.25. The van der Waals surface area contributed by atoms with Crippen molar-refractivity contribution in [1.82, 2.24) is 0 Å². The van der Waals surface area contributed by atoms with Gasteiger partial charge in [0.05, 0.1) is 0 Å². The molecule has 0 N–H and O–H groups in total. The minimum absolute atomic E-state index is 0.0495. The van der Waals surface area contributed by atoms with Gasteiger partial charge < -0.3 is 0 Å². The van der Waals surface area contributed by atoms with Crippen molar-refractivity contribution in [3.05, 3.63) is 251 Å². The van der Waals surface area contributed by atoms with Crippen LogP contribution in [0.4, 0.5) is 0 Å². The second-order valence-electron chi connectivity index (χ2n) is 37.1. The predicted octanol–water partition coefficient (Wildman–Crippen LogP) is 36.1. The van der Waals surface area contributed by atoms with Crippen LogP contribution >= 0.6 is 0 Å². The van der Waals surface area contributed by atoms with Gasteiger partial charge in [-0.15, -0.1) is 0 Å². The fourth-order valence-corrected chi connectivity index (χ4v) is 23.9. The van der Waals surface area contributed by atoms with Gasteiger partial charge in [0.25, 0.3) is 0 Å². The van der Waals surface area contributed by atoms with Crippen molar-refractivity contribution in [2.75, 3.05) is 0 Å². The number of benzene rings is 12. The summed E-state index contributed by atoms with van der Waals surface area (Å²) in [5.74, 6) is 0. The van der Waals surface area contributed by atoms with E-state index in [0.29, 0.717) is 0 Å². The van der Waals surface area contributed by atoms with E-state index in [-0.39, 0.29) is 21.7 Å². The van der Waals surface area contributed by atoms with E-state index in [4.69, 9.17) is 0 Å². The van der Waals surface area contributed by atoms with Crippen molar-refractivity contribution < 1.29 is 0 Å². The summed E-state index contributed by atoms with van der Waals surface area (Å²) in [6, 6.07) is 86.5. The molecule has 0 atom stereocenters. The van der Waals surface area contributed by atoms with Gasteiger partial charge in [-0.2, -0.15) is 0 Å². The summed E-state index contributed by atoms with van der Waals surface area (Å²) in [6.07, 6.45) is 50.2. The maximum atomic E-state index is 2.78. The Labute approximate surface area is 701 Å². The topological polar surface area (TPSA) is 0 Å². The molecule has 116 heavy (non-hydrogen) atoms. The second-order valence-corrected chi connectivity index (χ2v) is 37.1. The molecule has 0 heterocycles. The Morgan fingerprint density at radius 1 is 0.155 bits per heavy atom. The third-order valence-electron chi connectivity index (χ3n) is 29.9. The van der Waals surface area contributed by atoms with Gasteiger partial charge in [-0.3, -0.25) is 0 Å². The SMILES string of the molecule is CCCCCCC1(CCCCCC)c2ccccc2-c2ccc(-c3cc(-c4ccc5c(c4)C(CCCCCC)(CCCCCC)c4ccccc4-5)c4ccc5c(-c6ccc7c(c6)C(CCCCCC)(CCCCCC)c6ccccc6-7)cc(-c6ccc7c(c6)C(CCCCCC)(CCCCCC)c6ccccc6-7)c6ccc3c4c65)cc21. The molecule has 12 aromatic rings. The Bertz CT molecular complexity index is 4650. The Balaban J connectivity index is 0.993. The van der Waals surface area contributed by atoms with E-state index in [1.54, 1.807) is 44.5 Å². The molecule has 0 unspecified atom stereocenters. The molecular formula is C116H138. The maximum absolute atomic E-state index is 2.78. The van der Waals surface area contributed by atoms with Gasteiger partial charge in [-0.25, -0.2) is 0 Å². The van der Waals surface area contributed by atoms with Gasteiger partial charge >= 0.3 is 0 Å². The molecule has 0 aromatic heterocycles. The van der Waals surface area contributed by atoms with Crippen LogP contribution in [-0.2, 0) is 21.7 Å². The Kier molecular flexibility index (Phi) is 25.9. The van der Waals surface area contributed by atoms with E-state index in [9.17, 15) is 0 Å². The predicted molar refractivity (Wildman–Crippen MR) is 507 cm³/mol. The summed E-state index contributed by atoms with van der Waals surface area (Å²) in [6.45, 7) is 19.0. The third-order valence-corrected chi connectivity index (χ3v) is 29.9.